The minimum atomic E-state index is -0.612. The summed E-state index contributed by atoms with van der Waals surface area (Å²) in [5.74, 6) is -0.0262. The van der Waals surface area contributed by atoms with E-state index in [1.165, 1.54) is 0 Å². The highest BCUT2D eigenvalue weighted by Gasteiger charge is 2.37. The minimum absolute atomic E-state index is 0.252. The number of nitrogens with zero attached hydrogens (tertiary/aromatic N) is 4. The molecular formula is C19H16ClN5O2. The summed E-state index contributed by atoms with van der Waals surface area (Å²) in [5.41, 5.74) is 2.54. The molecule has 1 N–H and O–H groups in total. The monoisotopic (exact) mass is 381 g/mol. The van der Waals surface area contributed by atoms with Crippen LogP contribution in [0.25, 0.3) is 5.70 Å². The molecule has 0 amide bonds. The first-order valence-corrected chi connectivity index (χ1v) is 8.84. The third-order valence-electron chi connectivity index (χ3n) is 4.27. The molecule has 136 valence electrons. The van der Waals surface area contributed by atoms with Crippen molar-refractivity contribution in [3.63, 3.8) is 0 Å². The first-order valence-electron chi connectivity index (χ1n) is 8.46. The Hall–Kier alpha value is -3.19. The van der Waals surface area contributed by atoms with Gasteiger partial charge in [0.25, 0.3) is 0 Å². The van der Waals surface area contributed by atoms with Crippen molar-refractivity contribution in [1.82, 2.24) is 20.2 Å². The summed E-state index contributed by atoms with van der Waals surface area (Å²) >= 11 is 6.45. The number of tetrazole rings is 1. The molecule has 0 saturated carbocycles. The second-order valence-electron chi connectivity index (χ2n) is 5.87. The van der Waals surface area contributed by atoms with Crippen LogP contribution < -0.4 is 5.32 Å². The Morgan fingerprint density at radius 1 is 1.19 bits per heavy atom. The topological polar surface area (TPSA) is 81.9 Å². The molecule has 7 nitrogen and oxygen atoms in total. The van der Waals surface area contributed by atoms with Gasteiger partial charge in [-0.15, -0.1) is 0 Å². The molecule has 1 aliphatic heterocycles. The fourth-order valence-corrected chi connectivity index (χ4v) is 3.37. The molecule has 27 heavy (non-hydrogen) atoms. The second kappa shape index (κ2) is 7.20. The smallest absolute Gasteiger partial charge is 0.338 e. The Bertz CT molecular complexity index is 1020. The molecule has 0 radical (unpaired) electrons. The molecule has 1 aromatic heterocycles. The van der Waals surface area contributed by atoms with Gasteiger partial charge in [-0.05, 0) is 29.0 Å². The van der Waals surface area contributed by atoms with Gasteiger partial charge in [-0.1, -0.05) is 65.2 Å². The molecule has 0 unspecified atom stereocenters. The Kier molecular flexibility index (Phi) is 4.60. The predicted molar refractivity (Wildman–Crippen MR) is 101 cm³/mol. The van der Waals surface area contributed by atoms with E-state index in [2.05, 4.69) is 20.8 Å². The molecule has 0 spiro atoms. The van der Waals surface area contributed by atoms with E-state index in [1.54, 1.807) is 17.7 Å². The third-order valence-corrected chi connectivity index (χ3v) is 4.62. The number of benzene rings is 2. The van der Waals surface area contributed by atoms with Gasteiger partial charge in [-0.25, -0.2) is 4.79 Å². The molecule has 2 aromatic carbocycles. The van der Waals surface area contributed by atoms with Crippen molar-refractivity contribution in [3.05, 3.63) is 76.3 Å². The molecule has 1 atom stereocenters. The number of fused-ring (bicyclic) bond motifs is 1. The first-order chi connectivity index (χ1) is 13.2. The van der Waals surface area contributed by atoms with Gasteiger partial charge in [-0.2, -0.15) is 4.68 Å². The Balaban J connectivity index is 1.99. The Morgan fingerprint density at radius 3 is 2.67 bits per heavy atom. The number of carbonyl (C=O) groups excluding carboxylic acids is 1. The fourth-order valence-electron chi connectivity index (χ4n) is 3.13. The zero-order valence-corrected chi connectivity index (χ0v) is 15.2. The highest BCUT2D eigenvalue weighted by Crippen LogP contribution is 2.40. The van der Waals surface area contributed by atoms with E-state index in [4.69, 9.17) is 16.3 Å². The molecule has 0 aliphatic carbocycles. The molecule has 3 aromatic rings. The van der Waals surface area contributed by atoms with Crippen LogP contribution in [0, 0.1) is 0 Å². The average Bonchev–Trinajstić information content (AvgIpc) is 3.16. The quantitative estimate of drug-likeness (QED) is 0.698. The number of carbonyl (C=O) groups is 1. The molecule has 0 saturated heterocycles. The average molecular weight is 382 g/mol. The van der Waals surface area contributed by atoms with Crippen molar-refractivity contribution in [1.29, 1.82) is 0 Å². The molecule has 0 fully saturated rings. The number of ether oxygens (including phenoxy) is 1. The van der Waals surface area contributed by atoms with Crippen LogP contribution in [-0.4, -0.2) is 32.8 Å². The summed E-state index contributed by atoms with van der Waals surface area (Å²) < 4.78 is 6.90. The van der Waals surface area contributed by atoms with E-state index in [-0.39, 0.29) is 6.61 Å². The van der Waals surface area contributed by atoms with Crippen molar-refractivity contribution in [2.24, 2.45) is 0 Å². The lowest BCUT2D eigenvalue weighted by atomic mass is 9.93. The normalized spacial score (nSPS) is 15.9. The van der Waals surface area contributed by atoms with Crippen molar-refractivity contribution < 1.29 is 9.53 Å². The Morgan fingerprint density at radius 2 is 1.93 bits per heavy atom. The maximum atomic E-state index is 13.0. The lowest BCUT2D eigenvalue weighted by molar-refractivity contribution is -0.138. The van der Waals surface area contributed by atoms with Gasteiger partial charge in [0, 0.05) is 10.6 Å². The van der Waals surface area contributed by atoms with E-state index in [0.717, 1.165) is 5.56 Å². The zero-order chi connectivity index (χ0) is 18.8. The minimum Gasteiger partial charge on any atom is -0.463 e. The number of aromatic nitrogens is 4. The number of rotatable bonds is 4. The maximum absolute atomic E-state index is 13.0. The van der Waals surface area contributed by atoms with Crippen molar-refractivity contribution in [3.8, 4) is 0 Å². The van der Waals surface area contributed by atoms with E-state index in [9.17, 15) is 4.79 Å². The number of hydrogen-bond donors (Lipinski definition) is 1. The van der Waals surface area contributed by atoms with E-state index < -0.39 is 12.0 Å². The van der Waals surface area contributed by atoms with Crippen molar-refractivity contribution >= 4 is 29.2 Å². The molecule has 0 bridgehead atoms. The molecule has 4 rings (SSSR count). The van der Waals surface area contributed by atoms with Gasteiger partial charge in [-0.3, -0.25) is 0 Å². The standard InChI is InChI=1S/C19H16ClN5O2/c1-2-27-18(26)15-16(12-8-4-3-5-9-12)21-19-22-23-24-25(19)17(15)13-10-6-7-11-14(13)20/h3-11,17H,2H2,1H3,(H,21,22,24)/t17-/m0/s1. The lowest BCUT2D eigenvalue weighted by Crippen LogP contribution is -2.30. The van der Waals surface area contributed by atoms with Crippen molar-refractivity contribution in [2.75, 3.05) is 11.9 Å². The number of hydrogen-bond acceptors (Lipinski definition) is 6. The van der Waals surface area contributed by atoms with Crippen LogP contribution in [0.4, 0.5) is 5.95 Å². The van der Waals surface area contributed by atoms with Gasteiger partial charge >= 0.3 is 5.97 Å². The maximum Gasteiger partial charge on any atom is 0.338 e. The van der Waals surface area contributed by atoms with Gasteiger partial charge < -0.3 is 10.1 Å². The van der Waals surface area contributed by atoms with E-state index >= 15 is 0 Å². The van der Waals surface area contributed by atoms with Crippen LogP contribution in [0.15, 0.2) is 60.2 Å². The third kappa shape index (κ3) is 3.06. The van der Waals surface area contributed by atoms with Crippen LogP contribution in [0.3, 0.4) is 0 Å². The Labute approximate surface area is 160 Å². The highest BCUT2D eigenvalue weighted by molar-refractivity contribution is 6.31. The summed E-state index contributed by atoms with van der Waals surface area (Å²) in [7, 11) is 0. The molecule has 1 aliphatic rings. The number of halogens is 1. The van der Waals surface area contributed by atoms with Gasteiger partial charge in [0.05, 0.1) is 17.9 Å². The molecular weight excluding hydrogens is 366 g/mol. The van der Waals surface area contributed by atoms with Crippen LogP contribution in [0.1, 0.15) is 24.1 Å². The van der Waals surface area contributed by atoms with Crippen molar-refractivity contribution in [2.45, 2.75) is 13.0 Å². The van der Waals surface area contributed by atoms with E-state index in [1.807, 2.05) is 48.5 Å². The van der Waals surface area contributed by atoms with E-state index in [0.29, 0.717) is 27.8 Å². The van der Waals surface area contributed by atoms with Gasteiger partial charge in [0.2, 0.25) is 5.95 Å². The molecule has 2 heterocycles. The summed E-state index contributed by atoms with van der Waals surface area (Å²) in [6.07, 6.45) is 0. The van der Waals surface area contributed by atoms with Crippen LogP contribution >= 0.6 is 11.6 Å². The van der Waals surface area contributed by atoms with Gasteiger partial charge in [0.1, 0.15) is 6.04 Å². The summed E-state index contributed by atoms with van der Waals surface area (Å²) in [6.45, 7) is 2.02. The van der Waals surface area contributed by atoms with Crippen LogP contribution in [-0.2, 0) is 9.53 Å². The number of nitrogens with one attached hydrogen (secondary N) is 1. The molecule has 8 heteroatoms. The number of anilines is 1. The zero-order valence-electron chi connectivity index (χ0n) is 14.5. The largest absolute Gasteiger partial charge is 0.463 e. The van der Waals surface area contributed by atoms with Crippen LogP contribution in [0.2, 0.25) is 5.02 Å². The lowest BCUT2D eigenvalue weighted by Gasteiger charge is -2.29. The summed E-state index contributed by atoms with van der Waals surface area (Å²) in [5, 5.41) is 15.5. The fraction of sp³-hybridized carbons (Fsp3) is 0.158. The van der Waals surface area contributed by atoms with Crippen LogP contribution in [0.5, 0.6) is 0 Å². The SMILES string of the molecule is CCOC(=O)C1=C(c2ccccc2)Nc2nnnn2[C@H]1c1ccccc1Cl. The summed E-state index contributed by atoms with van der Waals surface area (Å²) in [4.78, 5) is 13.0. The summed E-state index contributed by atoms with van der Waals surface area (Å²) in [6, 6.07) is 16.2. The predicted octanol–water partition coefficient (Wildman–Crippen LogP) is 3.32. The highest BCUT2D eigenvalue weighted by atomic mass is 35.5. The second-order valence-corrected chi connectivity index (χ2v) is 6.28. The van der Waals surface area contributed by atoms with Gasteiger partial charge in [0.15, 0.2) is 0 Å². The number of esters is 1. The first kappa shape index (κ1) is 17.2.